The first-order valence-corrected chi connectivity index (χ1v) is 13.0. The maximum Gasteiger partial charge on any atom is 0.330 e. The van der Waals surface area contributed by atoms with E-state index < -0.39 is 47.2 Å². The van der Waals surface area contributed by atoms with Crippen molar-refractivity contribution in [3.8, 4) is 0 Å². The van der Waals surface area contributed by atoms with Crippen molar-refractivity contribution in [2.24, 2.45) is 0 Å². The maximum atomic E-state index is 12.2. The molecule has 0 saturated carbocycles. The van der Waals surface area contributed by atoms with Gasteiger partial charge >= 0.3 is 11.4 Å². The molecule has 0 bridgehead atoms. The molecular weight excluding hydrogens is 488 g/mol. The summed E-state index contributed by atoms with van der Waals surface area (Å²) in [5.41, 5.74) is -1.32. The second kappa shape index (κ2) is 10.3. The van der Waals surface area contributed by atoms with Gasteiger partial charge in [-0.15, -0.1) is 0 Å². The highest BCUT2D eigenvalue weighted by molar-refractivity contribution is 8.77. The summed E-state index contributed by atoms with van der Waals surface area (Å²) in [6.07, 6.45) is 1.41. The van der Waals surface area contributed by atoms with Gasteiger partial charge in [0.25, 0.3) is 11.1 Å². The number of aliphatic hydroxyl groups is 2. The summed E-state index contributed by atoms with van der Waals surface area (Å²) in [5.74, 6) is 0. The fraction of sp³-hybridized carbons (Fsp3) is 0.600. The van der Waals surface area contributed by atoms with Gasteiger partial charge in [0.2, 0.25) is 0 Å². The lowest BCUT2D eigenvalue weighted by Crippen LogP contribution is -2.33. The Hall–Kier alpha value is -2.10. The second-order valence-corrected chi connectivity index (χ2v) is 11.1. The molecule has 2 saturated heterocycles. The molecule has 2 aliphatic rings. The van der Waals surface area contributed by atoms with Crippen molar-refractivity contribution < 1.29 is 19.7 Å². The van der Waals surface area contributed by atoms with E-state index in [2.05, 4.69) is 9.97 Å². The monoisotopic (exact) mass is 514 g/mol. The highest BCUT2D eigenvalue weighted by Gasteiger charge is 2.41. The van der Waals surface area contributed by atoms with Crippen LogP contribution in [0.5, 0.6) is 0 Å². The fourth-order valence-corrected chi connectivity index (χ4v) is 7.41. The third-order valence-electron chi connectivity index (χ3n) is 5.94. The van der Waals surface area contributed by atoms with Crippen molar-refractivity contribution in [1.82, 2.24) is 19.1 Å². The van der Waals surface area contributed by atoms with E-state index >= 15 is 0 Å². The van der Waals surface area contributed by atoms with E-state index in [9.17, 15) is 29.4 Å². The van der Waals surface area contributed by atoms with Gasteiger partial charge in [-0.2, -0.15) is 0 Å². The van der Waals surface area contributed by atoms with Crippen LogP contribution in [0.3, 0.4) is 0 Å². The van der Waals surface area contributed by atoms with Crippen molar-refractivity contribution in [2.75, 3.05) is 13.2 Å². The molecule has 0 radical (unpaired) electrons. The normalized spacial score (nSPS) is 29.1. The molecule has 34 heavy (non-hydrogen) atoms. The number of nitrogens with one attached hydrogen (secondary N) is 2. The Kier molecular flexibility index (Phi) is 7.54. The lowest BCUT2D eigenvalue weighted by Gasteiger charge is -2.19. The average molecular weight is 515 g/mol. The number of aryl methyl sites for hydroxylation is 2. The van der Waals surface area contributed by atoms with Gasteiger partial charge in [-0.25, -0.2) is 9.59 Å². The Balaban J connectivity index is 1.45. The highest BCUT2D eigenvalue weighted by atomic mass is 33.1. The molecule has 4 N–H and O–H groups in total. The second-order valence-electron chi connectivity index (χ2n) is 8.32. The van der Waals surface area contributed by atoms with E-state index in [0.29, 0.717) is 24.0 Å². The first kappa shape index (κ1) is 25.0. The number of H-pyrrole nitrogens is 2. The van der Waals surface area contributed by atoms with Crippen molar-refractivity contribution in [3.63, 3.8) is 0 Å². The van der Waals surface area contributed by atoms with Crippen molar-refractivity contribution >= 4 is 21.6 Å². The molecule has 0 amide bonds. The van der Waals surface area contributed by atoms with Crippen LogP contribution < -0.4 is 22.5 Å². The molecule has 14 heteroatoms. The number of rotatable bonds is 7. The molecule has 2 aromatic rings. The average Bonchev–Trinajstić information content (AvgIpc) is 3.40. The van der Waals surface area contributed by atoms with Gasteiger partial charge in [-0.1, -0.05) is 21.6 Å². The Labute approximate surface area is 200 Å². The zero-order chi connectivity index (χ0) is 24.6. The predicted molar refractivity (Wildman–Crippen MR) is 126 cm³/mol. The van der Waals surface area contributed by atoms with Crippen LogP contribution in [0.1, 0.15) is 36.4 Å². The Morgan fingerprint density at radius 3 is 1.56 bits per heavy atom. The number of hydrogen-bond acceptors (Lipinski definition) is 10. The molecule has 12 nitrogen and oxygen atoms in total. The van der Waals surface area contributed by atoms with Gasteiger partial charge < -0.3 is 19.7 Å². The molecule has 2 fully saturated rings. The maximum absolute atomic E-state index is 12.2. The molecule has 4 rings (SSSR count). The van der Waals surface area contributed by atoms with E-state index in [0.717, 1.165) is 0 Å². The molecular formula is C20H26N4O8S2. The minimum absolute atomic E-state index is 0.171. The van der Waals surface area contributed by atoms with Gasteiger partial charge in [-0.3, -0.25) is 28.7 Å². The number of aromatic nitrogens is 4. The number of ether oxygens (including phenoxy) is 2. The number of hydrogen-bond donors (Lipinski definition) is 4. The van der Waals surface area contributed by atoms with E-state index in [1.807, 2.05) is 0 Å². The summed E-state index contributed by atoms with van der Waals surface area (Å²) >= 11 is 0. The molecule has 6 atom stereocenters. The highest BCUT2D eigenvalue weighted by Crippen LogP contribution is 2.47. The smallest absolute Gasteiger partial charge is 0.330 e. The Morgan fingerprint density at radius 2 is 1.21 bits per heavy atom. The van der Waals surface area contributed by atoms with Crippen molar-refractivity contribution in [2.45, 2.75) is 61.9 Å². The van der Waals surface area contributed by atoms with Gasteiger partial charge in [0.15, 0.2) is 0 Å². The third kappa shape index (κ3) is 4.97. The Morgan fingerprint density at radius 1 is 0.824 bits per heavy atom. The number of aliphatic hydroxyl groups excluding tert-OH is 2. The quantitative estimate of drug-likeness (QED) is 0.350. The van der Waals surface area contributed by atoms with Crippen LogP contribution in [-0.2, 0) is 9.47 Å². The van der Waals surface area contributed by atoms with Crippen LogP contribution in [0.2, 0.25) is 0 Å². The zero-order valence-electron chi connectivity index (χ0n) is 18.5. The minimum Gasteiger partial charge on any atom is -0.394 e. The molecule has 4 heterocycles. The van der Waals surface area contributed by atoms with E-state index in [1.165, 1.54) is 43.1 Å². The van der Waals surface area contributed by atoms with Crippen LogP contribution in [-0.4, -0.2) is 65.2 Å². The van der Waals surface area contributed by atoms with Crippen LogP contribution in [0.15, 0.2) is 31.6 Å². The van der Waals surface area contributed by atoms with Crippen molar-refractivity contribution in [1.29, 1.82) is 0 Å². The summed E-state index contributed by atoms with van der Waals surface area (Å²) < 4.78 is 14.4. The SMILES string of the molecule is Cc1cn([C@H]2C[C@@H](SS[C@@H]3C[C@H](n4cc(C)c(=O)[nH]c4=O)O[C@@H]3CO)[C@@H](CO)O2)c(=O)[nH]c1=O. The summed E-state index contributed by atoms with van der Waals surface area (Å²) in [6.45, 7) is 2.70. The number of nitrogens with zero attached hydrogens (tertiary/aromatic N) is 2. The lowest BCUT2D eigenvalue weighted by molar-refractivity contribution is -0.0240. The standard InChI is InChI=1S/C20H26N4O8S2/c1-9-5-23(19(29)21-17(9)27)15-3-13(11(7-25)31-15)33-34-14-4-16(32-12(14)8-26)24-6-10(2)18(28)22-20(24)30/h5-6,11-16,25-26H,3-4,7-8H2,1-2H3,(H,21,27,29)(H,22,28,30)/t11-,12-,13-,14-,15-,16-/m1/s1. The molecule has 0 unspecified atom stereocenters. The predicted octanol–water partition coefficient (Wildman–Crippen LogP) is -0.618. The molecule has 0 aromatic carbocycles. The van der Waals surface area contributed by atoms with Gasteiger partial charge in [0.05, 0.1) is 25.4 Å². The lowest BCUT2D eigenvalue weighted by atomic mass is 10.2. The van der Waals surface area contributed by atoms with Gasteiger partial charge in [0.1, 0.15) is 12.5 Å². The Bertz CT molecular complexity index is 1170. The summed E-state index contributed by atoms with van der Waals surface area (Å²) in [4.78, 5) is 52.3. The van der Waals surface area contributed by atoms with E-state index in [-0.39, 0.29) is 23.7 Å². The zero-order valence-corrected chi connectivity index (χ0v) is 20.1. The van der Waals surface area contributed by atoms with E-state index in [4.69, 9.17) is 9.47 Å². The van der Waals surface area contributed by atoms with E-state index in [1.54, 1.807) is 13.8 Å². The fourth-order valence-electron chi connectivity index (χ4n) is 4.02. The molecule has 186 valence electrons. The third-order valence-corrected chi connectivity index (χ3v) is 9.35. The topological polar surface area (TPSA) is 169 Å². The van der Waals surface area contributed by atoms with Crippen LogP contribution in [0.25, 0.3) is 0 Å². The summed E-state index contributed by atoms with van der Waals surface area (Å²) in [5, 5.41) is 19.3. The molecule has 2 aliphatic heterocycles. The first-order valence-electron chi connectivity index (χ1n) is 10.7. The first-order chi connectivity index (χ1) is 16.2. The van der Waals surface area contributed by atoms with Crippen molar-refractivity contribution in [3.05, 3.63) is 65.2 Å². The molecule has 0 aliphatic carbocycles. The molecule has 0 spiro atoms. The molecule has 2 aromatic heterocycles. The van der Waals surface area contributed by atoms with Crippen LogP contribution in [0.4, 0.5) is 0 Å². The van der Waals surface area contributed by atoms with Crippen LogP contribution in [0, 0.1) is 13.8 Å². The summed E-state index contributed by atoms with van der Waals surface area (Å²) in [7, 11) is 2.92. The van der Waals surface area contributed by atoms with Gasteiger partial charge in [-0.05, 0) is 13.8 Å². The largest absolute Gasteiger partial charge is 0.394 e. The summed E-state index contributed by atoms with van der Waals surface area (Å²) in [6, 6.07) is 0. The number of aromatic amines is 2. The van der Waals surface area contributed by atoms with Gasteiger partial charge in [0, 0.05) is 46.9 Å². The minimum atomic E-state index is -0.637. The van der Waals surface area contributed by atoms with Crippen LogP contribution >= 0.6 is 21.6 Å².